The quantitative estimate of drug-likeness (QED) is 0.415. The fourth-order valence-electron chi connectivity index (χ4n) is 4.06. The second-order valence-electron chi connectivity index (χ2n) is 7.56. The average molecular weight is 488 g/mol. The highest BCUT2D eigenvalue weighted by atomic mass is 35.5. The SMILES string of the molecule is Cc1c(Cl)c(C)c(C2=NON3N(C(=O)c4cccc(Cl)c4)c4ccccc4N23)c(C)c1Cl. The Morgan fingerprint density at radius 1 is 0.875 bits per heavy atom. The smallest absolute Gasteiger partial charge is 0.267 e. The van der Waals surface area contributed by atoms with Crippen molar-refractivity contribution < 1.29 is 9.73 Å². The molecule has 162 valence electrons. The van der Waals surface area contributed by atoms with Gasteiger partial charge in [0.25, 0.3) is 5.91 Å². The van der Waals surface area contributed by atoms with Crippen LogP contribution in [0.15, 0.2) is 53.7 Å². The summed E-state index contributed by atoms with van der Waals surface area (Å²) in [6.07, 6.45) is 0. The first-order chi connectivity index (χ1) is 15.3. The van der Waals surface area contributed by atoms with E-state index in [9.17, 15) is 4.79 Å². The molecule has 0 N–H and O–H groups in total. The second kappa shape index (κ2) is 7.67. The standard InChI is InChI=1S/C23H17Cl3N4O2/c1-12-19(13(2)21(26)14(3)20(12)25)22-27-32-30-28(22)17-9-4-5-10-18(17)29(30)23(31)15-7-6-8-16(24)11-15/h4-11H,1-3H3. The molecule has 3 aromatic carbocycles. The summed E-state index contributed by atoms with van der Waals surface area (Å²) in [5, 5.41) is 10.4. The number of benzene rings is 3. The molecule has 2 aliphatic heterocycles. The van der Waals surface area contributed by atoms with Crippen molar-refractivity contribution in [2.75, 3.05) is 10.0 Å². The Morgan fingerprint density at radius 2 is 1.53 bits per heavy atom. The number of carbonyl (C=O) groups is 1. The Bertz CT molecular complexity index is 1300. The molecule has 0 aromatic heterocycles. The van der Waals surface area contributed by atoms with Gasteiger partial charge >= 0.3 is 0 Å². The third kappa shape index (κ3) is 2.98. The van der Waals surface area contributed by atoms with Gasteiger partial charge < -0.3 is 0 Å². The molecule has 3 aromatic rings. The lowest BCUT2D eigenvalue weighted by atomic mass is 9.98. The van der Waals surface area contributed by atoms with Crippen LogP contribution in [-0.4, -0.2) is 17.0 Å². The van der Waals surface area contributed by atoms with Gasteiger partial charge in [-0.05, 0) is 72.9 Å². The van der Waals surface area contributed by atoms with Crippen molar-refractivity contribution in [3.05, 3.63) is 91.4 Å². The molecule has 0 fully saturated rings. The van der Waals surface area contributed by atoms with Crippen LogP contribution >= 0.6 is 34.8 Å². The largest absolute Gasteiger partial charge is 0.277 e. The number of amidine groups is 1. The van der Waals surface area contributed by atoms with Crippen LogP contribution in [0.3, 0.4) is 0 Å². The number of carbonyl (C=O) groups excluding carboxylic acids is 1. The topological polar surface area (TPSA) is 48.4 Å². The Morgan fingerprint density at radius 3 is 2.19 bits per heavy atom. The Balaban J connectivity index is 1.64. The average Bonchev–Trinajstić information content (AvgIpc) is 3.34. The molecule has 6 nitrogen and oxygen atoms in total. The minimum atomic E-state index is -0.313. The summed E-state index contributed by atoms with van der Waals surface area (Å²) >= 11 is 19.2. The van der Waals surface area contributed by atoms with Crippen LogP contribution in [0.2, 0.25) is 15.1 Å². The number of hydrogen-bond donors (Lipinski definition) is 0. The van der Waals surface area contributed by atoms with Crippen molar-refractivity contribution in [1.82, 2.24) is 5.28 Å². The zero-order valence-corrected chi connectivity index (χ0v) is 19.6. The summed E-state index contributed by atoms with van der Waals surface area (Å²) in [6.45, 7) is 5.70. The number of rotatable bonds is 2. The molecule has 0 saturated carbocycles. The highest BCUT2D eigenvalue weighted by Crippen LogP contribution is 2.45. The number of fused-ring (bicyclic) bond motifs is 3. The fourth-order valence-corrected chi connectivity index (χ4v) is 4.67. The zero-order chi connectivity index (χ0) is 22.7. The number of anilines is 2. The first-order valence-corrected chi connectivity index (χ1v) is 10.9. The summed E-state index contributed by atoms with van der Waals surface area (Å²) in [7, 11) is 0. The number of nitrogens with zero attached hydrogens (tertiary/aromatic N) is 4. The van der Waals surface area contributed by atoms with Crippen molar-refractivity contribution in [3.8, 4) is 0 Å². The highest BCUT2D eigenvalue weighted by Gasteiger charge is 2.47. The molecule has 0 spiro atoms. The summed E-state index contributed by atoms with van der Waals surface area (Å²) in [6, 6.07) is 14.2. The molecule has 0 radical (unpaired) electrons. The Hall–Kier alpha value is -2.77. The van der Waals surface area contributed by atoms with Crippen molar-refractivity contribution in [2.24, 2.45) is 5.16 Å². The van der Waals surface area contributed by atoms with E-state index in [-0.39, 0.29) is 5.91 Å². The predicted octanol–water partition coefficient (Wildman–Crippen LogP) is 6.48. The summed E-state index contributed by atoms with van der Waals surface area (Å²) in [4.78, 5) is 19.1. The molecule has 0 atom stereocenters. The van der Waals surface area contributed by atoms with Gasteiger partial charge in [0.2, 0.25) is 5.84 Å². The van der Waals surface area contributed by atoms with E-state index in [1.165, 1.54) is 10.3 Å². The van der Waals surface area contributed by atoms with Gasteiger partial charge in [0.1, 0.15) is 0 Å². The van der Waals surface area contributed by atoms with Crippen molar-refractivity contribution in [3.63, 3.8) is 0 Å². The summed E-state index contributed by atoms with van der Waals surface area (Å²) in [5.74, 6) is 0.171. The second-order valence-corrected chi connectivity index (χ2v) is 8.75. The third-order valence-electron chi connectivity index (χ3n) is 5.64. The lowest BCUT2D eigenvalue weighted by molar-refractivity contribution is -0.135. The lowest BCUT2D eigenvalue weighted by Crippen LogP contribution is -2.49. The van der Waals surface area contributed by atoms with Gasteiger partial charge in [0, 0.05) is 26.2 Å². The van der Waals surface area contributed by atoms with Gasteiger partial charge in [0.05, 0.1) is 16.7 Å². The van der Waals surface area contributed by atoms with Crippen molar-refractivity contribution in [1.29, 1.82) is 0 Å². The van der Waals surface area contributed by atoms with Crippen LogP contribution in [0.1, 0.15) is 32.6 Å². The lowest BCUT2D eigenvalue weighted by Gasteiger charge is -2.25. The van der Waals surface area contributed by atoms with Gasteiger partial charge in [-0.3, -0.25) is 9.73 Å². The Labute approximate surface area is 200 Å². The van der Waals surface area contributed by atoms with Gasteiger partial charge in [-0.1, -0.05) is 53.0 Å². The molecule has 0 aliphatic carbocycles. The van der Waals surface area contributed by atoms with Crippen LogP contribution in [0.5, 0.6) is 0 Å². The van der Waals surface area contributed by atoms with E-state index in [1.807, 2.05) is 45.0 Å². The minimum Gasteiger partial charge on any atom is -0.267 e. The van der Waals surface area contributed by atoms with E-state index >= 15 is 0 Å². The first-order valence-electron chi connectivity index (χ1n) is 9.80. The van der Waals surface area contributed by atoms with E-state index in [2.05, 4.69) is 5.16 Å². The van der Waals surface area contributed by atoms with Crippen LogP contribution in [0.25, 0.3) is 0 Å². The van der Waals surface area contributed by atoms with E-state index in [1.54, 1.807) is 29.3 Å². The van der Waals surface area contributed by atoms with Gasteiger partial charge in [-0.2, -0.15) is 10.0 Å². The number of para-hydroxylation sites is 2. The molecule has 32 heavy (non-hydrogen) atoms. The maximum Gasteiger partial charge on any atom is 0.277 e. The summed E-state index contributed by atoms with van der Waals surface area (Å²) in [5.41, 5.74) is 5.00. The fraction of sp³-hybridized carbons (Fsp3) is 0.130. The normalized spacial score (nSPS) is 14.9. The third-order valence-corrected chi connectivity index (χ3v) is 7.00. The molecule has 9 heteroatoms. The molecule has 0 bridgehead atoms. The monoisotopic (exact) mass is 486 g/mol. The number of oxime groups is 1. The van der Waals surface area contributed by atoms with Gasteiger partial charge in [-0.15, -0.1) is 0 Å². The molecule has 2 aliphatic rings. The number of halogens is 3. The van der Waals surface area contributed by atoms with Crippen molar-refractivity contribution in [2.45, 2.75) is 20.8 Å². The van der Waals surface area contributed by atoms with Crippen LogP contribution in [-0.2, 0) is 4.94 Å². The molecule has 1 amide bonds. The first kappa shape index (κ1) is 21.1. The van der Waals surface area contributed by atoms with Gasteiger partial charge in [0.15, 0.2) is 0 Å². The molecular formula is C23H17Cl3N4O2. The molecule has 0 unspecified atom stereocenters. The zero-order valence-electron chi connectivity index (χ0n) is 17.4. The Kier molecular flexibility index (Phi) is 5.06. The van der Waals surface area contributed by atoms with Crippen LogP contribution in [0.4, 0.5) is 11.4 Å². The maximum absolute atomic E-state index is 13.5. The maximum atomic E-state index is 13.5. The predicted molar refractivity (Wildman–Crippen MR) is 127 cm³/mol. The summed E-state index contributed by atoms with van der Waals surface area (Å²) < 4.78 is 0. The van der Waals surface area contributed by atoms with Crippen LogP contribution < -0.4 is 10.0 Å². The number of hydrazine groups is 2. The number of hydrogen-bond acceptors (Lipinski definition) is 5. The van der Waals surface area contributed by atoms with E-state index in [0.29, 0.717) is 32.2 Å². The molecule has 2 heterocycles. The number of amides is 1. The van der Waals surface area contributed by atoms with E-state index in [4.69, 9.17) is 39.7 Å². The van der Waals surface area contributed by atoms with Gasteiger partial charge in [-0.25, -0.2) is 0 Å². The molecular weight excluding hydrogens is 471 g/mol. The highest BCUT2D eigenvalue weighted by molar-refractivity contribution is 6.38. The molecule has 5 rings (SSSR count). The van der Waals surface area contributed by atoms with Crippen LogP contribution in [0, 0.1) is 20.8 Å². The minimum absolute atomic E-state index is 0.313. The van der Waals surface area contributed by atoms with Crippen molar-refractivity contribution >= 4 is 57.9 Å². The molecule has 0 saturated heterocycles. The van der Waals surface area contributed by atoms with E-state index in [0.717, 1.165) is 27.9 Å². The van der Waals surface area contributed by atoms with E-state index < -0.39 is 0 Å².